The highest BCUT2D eigenvalue weighted by molar-refractivity contribution is 8.76. The molecule has 88 valence electrons. The van der Waals surface area contributed by atoms with E-state index in [2.05, 4.69) is 6.92 Å². The van der Waals surface area contributed by atoms with Crippen LogP contribution < -0.4 is 5.73 Å². The lowest BCUT2D eigenvalue weighted by atomic mass is 10.2. The van der Waals surface area contributed by atoms with E-state index in [0.29, 0.717) is 17.4 Å². The van der Waals surface area contributed by atoms with Gasteiger partial charge in [0, 0.05) is 17.4 Å². The van der Waals surface area contributed by atoms with Crippen molar-refractivity contribution in [2.24, 2.45) is 5.73 Å². The number of aliphatic carboxylic acids is 1. The van der Waals surface area contributed by atoms with Gasteiger partial charge in [-0.25, -0.2) is 0 Å². The maximum absolute atomic E-state index is 10.4. The van der Waals surface area contributed by atoms with E-state index in [4.69, 9.17) is 10.8 Å². The van der Waals surface area contributed by atoms with Crippen LogP contribution in [0.2, 0.25) is 0 Å². The smallest absolute Gasteiger partial charge is 0.321 e. The second-order valence-electron chi connectivity index (χ2n) is 3.10. The minimum absolute atomic E-state index is 0.400. The molecule has 3 N–H and O–H groups in total. The van der Waals surface area contributed by atoms with Crippen molar-refractivity contribution >= 4 is 33.8 Å². The molecule has 0 aromatic carbocycles. The Labute approximate surface area is 97.8 Å². The summed E-state index contributed by atoms with van der Waals surface area (Å²) in [6.45, 7) is 2.06. The summed E-state index contributed by atoms with van der Waals surface area (Å²) in [6, 6.07) is -0.800. The van der Waals surface area contributed by atoms with Crippen molar-refractivity contribution < 1.29 is 14.7 Å². The van der Waals surface area contributed by atoms with E-state index >= 15 is 0 Å². The van der Waals surface area contributed by atoms with Gasteiger partial charge in [-0.05, 0) is 12.8 Å². The van der Waals surface area contributed by atoms with Crippen LogP contribution in [0, 0.1) is 0 Å². The van der Waals surface area contributed by atoms with Gasteiger partial charge in [0.1, 0.15) is 12.3 Å². The van der Waals surface area contributed by atoms with Gasteiger partial charge in [-0.15, -0.1) is 0 Å². The quantitative estimate of drug-likeness (QED) is 0.478. The van der Waals surface area contributed by atoms with E-state index in [1.165, 1.54) is 10.8 Å². The van der Waals surface area contributed by atoms with E-state index in [-0.39, 0.29) is 0 Å². The molecule has 0 bridgehead atoms. The predicted octanol–water partition coefficient (Wildman–Crippen LogP) is 1.54. The van der Waals surface area contributed by atoms with Crippen molar-refractivity contribution in [1.82, 2.24) is 0 Å². The Hall–Kier alpha value is -0.200. The topological polar surface area (TPSA) is 80.4 Å². The van der Waals surface area contributed by atoms with Crippen LogP contribution in [0.4, 0.5) is 0 Å². The lowest BCUT2D eigenvalue weighted by molar-refractivity contribution is -0.137. The van der Waals surface area contributed by atoms with Crippen molar-refractivity contribution in [3.05, 3.63) is 0 Å². The molecule has 2 atom stereocenters. The summed E-state index contributed by atoms with van der Waals surface area (Å²) in [5.74, 6) is -0.568. The fraction of sp³-hybridized carbons (Fsp3) is 0.778. The number of carbonyl (C=O) groups is 2. The van der Waals surface area contributed by atoms with Crippen molar-refractivity contribution in [2.45, 2.75) is 37.5 Å². The number of carboxylic acids is 1. The zero-order chi connectivity index (χ0) is 11.7. The summed E-state index contributed by atoms with van der Waals surface area (Å²) < 4.78 is 0. The van der Waals surface area contributed by atoms with Crippen molar-refractivity contribution in [2.75, 3.05) is 5.75 Å². The molecule has 0 aliphatic heterocycles. The minimum Gasteiger partial charge on any atom is -0.480 e. The molecule has 0 fully saturated rings. The summed E-state index contributed by atoms with van der Waals surface area (Å²) >= 11 is 0. The van der Waals surface area contributed by atoms with Crippen LogP contribution in [0.1, 0.15) is 26.2 Å². The number of nitrogens with two attached hydrogens (primary N) is 1. The third kappa shape index (κ3) is 7.70. The average molecular weight is 251 g/mol. The molecule has 0 saturated heterocycles. The van der Waals surface area contributed by atoms with E-state index in [9.17, 15) is 9.59 Å². The molecule has 0 saturated carbocycles. The Kier molecular flexibility index (Phi) is 8.94. The van der Waals surface area contributed by atoms with Gasteiger partial charge in [-0.1, -0.05) is 28.5 Å². The van der Waals surface area contributed by atoms with Gasteiger partial charge in [0.05, 0.1) is 0 Å². The molecule has 0 radical (unpaired) electrons. The first-order chi connectivity index (χ1) is 7.11. The number of rotatable bonds is 9. The van der Waals surface area contributed by atoms with Crippen LogP contribution in [0.25, 0.3) is 0 Å². The Morgan fingerprint density at radius 1 is 1.60 bits per heavy atom. The molecule has 0 aromatic heterocycles. The maximum Gasteiger partial charge on any atom is 0.321 e. The van der Waals surface area contributed by atoms with Gasteiger partial charge in [-0.3, -0.25) is 4.79 Å². The molecule has 4 nitrogen and oxygen atoms in total. The molecule has 0 rings (SSSR count). The van der Waals surface area contributed by atoms with Gasteiger partial charge in [-0.2, -0.15) is 0 Å². The zero-order valence-corrected chi connectivity index (χ0v) is 10.4. The van der Waals surface area contributed by atoms with E-state index in [1.807, 2.05) is 0 Å². The average Bonchev–Trinajstić information content (AvgIpc) is 2.22. The van der Waals surface area contributed by atoms with Gasteiger partial charge in [0.2, 0.25) is 0 Å². The Morgan fingerprint density at radius 2 is 2.27 bits per heavy atom. The molecule has 0 spiro atoms. The van der Waals surface area contributed by atoms with Gasteiger partial charge >= 0.3 is 5.97 Å². The first kappa shape index (κ1) is 14.8. The summed E-state index contributed by atoms with van der Waals surface area (Å²) in [5, 5.41) is 8.96. The highest BCUT2D eigenvalue weighted by atomic mass is 33.1. The van der Waals surface area contributed by atoms with Crippen molar-refractivity contribution in [1.29, 1.82) is 0 Å². The molecular formula is C9H17NO3S2. The predicted molar refractivity (Wildman–Crippen MR) is 65.0 cm³/mol. The van der Waals surface area contributed by atoms with Crippen LogP contribution in [0.15, 0.2) is 0 Å². The first-order valence-corrected chi connectivity index (χ1v) is 7.20. The Balaban J connectivity index is 3.62. The second kappa shape index (κ2) is 9.06. The van der Waals surface area contributed by atoms with Crippen LogP contribution in [-0.2, 0) is 9.59 Å². The number of hydrogen-bond donors (Lipinski definition) is 2. The van der Waals surface area contributed by atoms with Crippen LogP contribution in [-0.4, -0.2) is 34.4 Å². The van der Waals surface area contributed by atoms with Gasteiger partial charge in [0.15, 0.2) is 0 Å². The molecule has 0 amide bonds. The molecule has 0 aliphatic carbocycles. The number of hydrogen-bond acceptors (Lipinski definition) is 5. The number of carboxylic acid groups (broad SMARTS) is 1. The monoisotopic (exact) mass is 251 g/mol. The maximum atomic E-state index is 10.4. The third-order valence-electron chi connectivity index (χ3n) is 1.83. The fourth-order valence-corrected chi connectivity index (χ4v) is 3.73. The van der Waals surface area contributed by atoms with Crippen molar-refractivity contribution in [3.8, 4) is 0 Å². The SMILES string of the molecule is CCC(CCC=O)SSCC(N)C(=O)O. The van der Waals surface area contributed by atoms with E-state index in [0.717, 1.165) is 19.1 Å². The van der Waals surface area contributed by atoms with Gasteiger partial charge in [0.25, 0.3) is 0 Å². The molecular weight excluding hydrogens is 234 g/mol. The van der Waals surface area contributed by atoms with E-state index in [1.54, 1.807) is 10.8 Å². The summed E-state index contributed by atoms with van der Waals surface area (Å²) in [4.78, 5) is 20.6. The Morgan fingerprint density at radius 3 is 2.73 bits per heavy atom. The Bertz CT molecular complexity index is 202. The van der Waals surface area contributed by atoms with Crippen LogP contribution >= 0.6 is 21.6 Å². The van der Waals surface area contributed by atoms with Crippen LogP contribution in [0.3, 0.4) is 0 Å². The second-order valence-corrected chi connectivity index (χ2v) is 5.81. The summed E-state index contributed by atoms with van der Waals surface area (Å²) in [6.07, 6.45) is 3.31. The fourth-order valence-electron chi connectivity index (χ4n) is 0.854. The molecule has 0 aliphatic rings. The zero-order valence-electron chi connectivity index (χ0n) is 8.72. The molecule has 2 unspecified atom stereocenters. The normalized spacial score (nSPS) is 14.5. The molecule has 15 heavy (non-hydrogen) atoms. The standard InChI is InChI=1S/C9H17NO3S2/c1-2-7(4-3-5-11)15-14-6-8(10)9(12)13/h5,7-8H,2-4,6,10H2,1H3,(H,12,13). The molecule has 0 heterocycles. The van der Waals surface area contributed by atoms with Gasteiger partial charge < -0.3 is 15.6 Å². The molecule has 0 aromatic rings. The number of aldehydes is 1. The first-order valence-electron chi connectivity index (χ1n) is 4.82. The highest BCUT2D eigenvalue weighted by Gasteiger charge is 2.13. The highest BCUT2D eigenvalue weighted by Crippen LogP contribution is 2.31. The largest absolute Gasteiger partial charge is 0.480 e. The lowest BCUT2D eigenvalue weighted by Gasteiger charge is -2.12. The molecule has 6 heteroatoms. The number of carbonyl (C=O) groups excluding carboxylic acids is 1. The minimum atomic E-state index is -0.968. The lowest BCUT2D eigenvalue weighted by Crippen LogP contribution is -2.32. The van der Waals surface area contributed by atoms with Crippen LogP contribution in [0.5, 0.6) is 0 Å². The van der Waals surface area contributed by atoms with E-state index < -0.39 is 12.0 Å². The summed E-state index contributed by atoms with van der Waals surface area (Å²) in [7, 11) is 3.09. The third-order valence-corrected chi connectivity index (χ3v) is 4.94. The summed E-state index contributed by atoms with van der Waals surface area (Å²) in [5.41, 5.74) is 5.35. The van der Waals surface area contributed by atoms with Crippen molar-refractivity contribution in [3.63, 3.8) is 0 Å².